The van der Waals surface area contributed by atoms with Crippen LogP contribution in [-0.2, 0) is 0 Å². The smallest absolute Gasteiger partial charge is 0.323 e. The van der Waals surface area contributed by atoms with Crippen molar-refractivity contribution in [1.29, 1.82) is 0 Å². The summed E-state index contributed by atoms with van der Waals surface area (Å²) in [6, 6.07) is 5.15. The molecule has 0 fully saturated rings. The highest BCUT2D eigenvalue weighted by Gasteiger charge is 2.02. The molecule has 0 bridgehead atoms. The van der Waals surface area contributed by atoms with Gasteiger partial charge in [0.2, 0.25) is 0 Å². The van der Waals surface area contributed by atoms with Crippen LogP contribution in [-0.4, -0.2) is 16.0 Å². The first kappa shape index (κ1) is 10.2. The van der Waals surface area contributed by atoms with Crippen LogP contribution in [0.4, 0.5) is 10.5 Å². The van der Waals surface area contributed by atoms with Crippen molar-refractivity contribution in [3.8, 4) is 0 Å². The van der Waals surface area contributed by atoms with Crippen molar-refractivity contribution in [2.24, 2.45) is 0 Å². The zero-order valence-electron chi connectivity index (χ0n) is 8.87. The first-order valence-corrected chi connectivity index (χ1v) is 4.82. The standard InChI is InChI=1S/C11H12N4O/c1-7(2)14-11(16)15-8-3-4-9-10(5-8)13-6-12-9/h3-6H,1H2,2H3,(H,12,13)(H2,14,15,16). The van der Waals surface area contributed by atoms with Crippen LogP contribution in [0.3, 0.4) is 0 Å². The molecule has 0 aliphatic carbocycles. The number of benzene rings is 1. The number of rotatable bonds is 2. The zero-order chi connectivity index (χ0) is 11.5. The molecule has 0 aliphatic rings. The second-order valence-corrected chi connectivity index (χ2v) is 3.49. The summed E-state index contributed by atoms with van der Waals surface area (Å²) in [5.74, 6) is 0. The van der Waals surface area contributed by atoms with Gasteiger partial charge in [0, 0.05) is 11.4 Å². The average molecular weight is 216 g/mol. The van der Waals surface area contributed by atoms with Crippen molar-refractivity contribution in [2.75, 3.05) is 5.32 Å². The van der Waals surface area contributed by atoms with Gasteiger partial charge in [-0.3, -0.25) is 0 Å². The predicted molar refractivity (Wildman–Crippen MR) is 63.1 cm³/mol. The second-order valence-electron chi connectivity index (χ2n) is 3.49. The van der Waals surface area contributed by atoms with Crippen LogP contribution >= 0.6 is 0 Å². The van der Waals surface area contributed by atoms with Crippen molar-refractivity contribution < 1.29 is 4.79 Å². The summed E-state index contributed by atoms with van der Waals surface area (Å²) >= 11 is 0. The van der Waals surface area contributed by atoms with Crippen LogP contribution < -0.4 is 10.6 Å². The molecule has 0 saturated heterocycles. The van der Waals surface area contributed by atoms with Crippen molar-refractivity contribution in [3.63, 3.8) is 0 Å². The average Bonchev–Trinajstić information content (AvgIpc) is 2.63. The Kier molecular flexibility index (Phi) is 2.59. The van der Waals surface area contributed by atoms with Crippen molar-refractivity contribution >= 4 is 22.8 Å². The Balaban J connectivity index is 2.14. The van der Waals surface area contributed by atoms with E-state index >= 15 is 0 Å². The predicted octanol–water partition coefficient (Wildman–Crippen LogP) is 2.22. The van der Waals surface area contributed by atoms with Crippen LogP contribution in [0.2, 0.25) is 0 Å². The normalized spacial score (nSPS) is 10.1. The van der Waals surface area contributed by atoms with Gasteiger partial charge in [0.05, 0.1) is 17.4 Å². The maximum atomic E-state index is 11.4. The molecule has 1 aromatic heterocycles. The quantitative estimate of drug-likeness (QED) is 0.720. The summed E-state index contributed by atoms with van der Waals surface area (Å²) in [7, 11) is 0. The van der Waals surface area contributed by atoms with Gasteiger partial charge >= 0.3 is 6.03 Å². The minimum Gasteiger partial charge on any atom is -0.345 e. The van der Waals surface area contributed by atoms with E-state index in [1.165, 1.54) is 0 Å². The Bertz CT molecular complexity index is 544. The number of fused-ring (bicyclic) bond motifs is 1. The fourth-order valence-corrected chi connectivity index (χ4v) is 1.37. The van der Waals surface area contributed by atoms with E-state index in [9.17, 15) is 4.79 Å². The first-order valence-electron chi connectivity index (χ1n) is 4.82. The van der Waals surface area contributed by atoms with Gasteiger partial charge < -0.3 is 15.6 Å². The number of allylic oxidation sites excluding steroid dienone is 1. The molecule has 5 nitrogen and oxygen atoms in total. The van der Waals surface area contributed by atoms with Gasteiger partial charge in [-0.05, 0) is 25.1 Å². The molecule has 2 amide bonds. The summed E-state index contributed by atoms with van der Waals surface area (Å²) in [6.07, 6.45) is 1.61. The minimum atomic E-state index is -0.300. The van der Waals surface area contributed by atoms with Crippen LogP contribution in [0.1, 0.15) is 6.92 Å². The molecule has 0 saturated carbocycles. The number of urea groups is 1. The molecule has 3 N–H and O–H groups in total. The number of anilines is 1. The summed E-state index contributed by atoms with van der Waals surface area (Å²) in [5, 5.41) is 5.26. The van der Waals surface area contributed by atoms with Gasteiger partial charge in [0.1, 0.15) is 0 Å². The molecular formula is C11H12N4O. The summed E-state index contributed by atoms with van der Waals surface area (Å²) in [4.78, 5) is 18.5. The zero-order valence-corrected chi connectivity index (χ0v) is 8.87. The fraction of sp³-hybridized carbons (Fsp3) is 0.0909. The number of hydrogen-bond acceptors (Lipinski definition) is 2. The Hall–Kier alpha value is -2.30. The van der Waals surface area contributed by atoms with Crippen molar-refractivity contribution in [2.45, 2.75) is 6.92 Å². The fourth-order valence-electron chi connectivity index (χ4n) is 1.37. The number of carbonyl (C=O) groups excluding carboxylic acids is 1. The third-order valence-electron chi connectivity index (χ3n) is 2.01. The Morgan fingerprint density at radius 2 is 2.31 bits per heavy atom. The lowest BCUT2D eigenvalue weighted by Crippen LogP contribution is -2.26. The number of imidazole rings is 1. The molecule has 82 valence electrons. The highest BCUT2D eigenvalue weighted by Crippen LogP contribution is 2.15. The van der Waals surface area contributed by atoms with Crippen LogP contribution in [0.25, 0.3) is 11.0 Å². The van der Waals surface area contributed by atoms with Gasteiger partial charge in [-0.15, -0.1) is 0 Å². The molecule has 0 radical (unpaired) electrons. The van der Waals surface area contributed by atoms with E-state index < -0.39 is 0 Å². The lowest BCUT2D eigenvalue weighted by Gasteiger charge is -2.06. The number of hydrogen-bond donors (Lipinski definition) is 3. The van der Waals surface area contributed by atoms with Crippen LogP contribution in [0.5, 0.6) is 0 Å². The molecule has 2 aromatic rings. The van der Waals surface area contributed by atoms with Gasteiger partial charge in [0.25, 0.3) is 0 Å². The van der Waals surface area contributed by atoms with E-state index in [1.54, 1.807) is 19.3 Å². The van der Waals surface area contributed by atoms with E-state index in [4.69, 9.17) is 0 Å². The van der Waals surface area contributed by atoms with Crippen LogP contribution in [0, 0.1) is 0 Å². The molecule has 16 heavy (non-hydrogen) atoms. The van der Waals surface area contributed by atoms with Gasteiger partial charge in [-0.25, -0.2) is 9.78 Å². The number of carbonyl (C=O) groups is 1. The molecule has 0 atom stereocenters. The van der Waals surface area contributed by atoms with E-state index in [-0.39, 0.29) is 6.03 Å². The number of nitrogens with zero attached hydrogens (tertiary/aromatic N) is 1. The largest absolute Gasteiger partial charge is 0.345 e. The third-order valence-corrected chi connectivity index (χ3v) is 2.01. The Labute approximate surface area is 92.6 Å². The molecular weight excluding hydrogens is 204 g/mol. The molecule has 2 rings (SSSR count). The second kappa shape index (κ2) is 4.06. The maximum absolute atomic E-state index is 11.4. The van der Waals surface area contributed by atoms with Gasteiger partial charge in [-0.1, -0.05) is 6.58 Å². The topological polar surface area (TPSA) is 69.8 Å². The van der Waals surface area contributed by atoms with E-state index in [0.717, 1.165) is 11.0 Å². The van der Waals surface area contributed by atoms with E-state index in [1.807, 2.05) is 12.1 Å². The van der Waals surface area contributed by atoms with Crippen molar-refractivity contribution in [1.82, 2.24) is 15.3 Å². The van der Waals surface area contributed by atoms with Gasteiger partial charge in [0.15, 0.2) is 0 Å². The Morgan fingerprint density at radius 3 is 3.06 bits per heavy atom. The number of aromatic nitrogens is 2. The molecule has 1 aromatic carbocycles. The summed E-state index contributed by atoms with van der Waals surface area (Å²) < 4.78 is 0. The SMILES string of the molecule is C=C(C)NC(=O)Nc1ccc2nc[nH]c2c1. The highest BCUT2D eigenvalue weighted by atomic mass is 16.2. The van der Waals surface area contributed by atoms with E-state index in [0.29, 0.717) is 11.4 Å². The monoisotopic (exact) mass is 216 g/mol. The molecule has 1 heterocycles. The number of amides is 2. The molecule has 0 unspecified atom stereocenters. The highest BCUT2D eigenvalue weighted by molar-refractivity contribution is 5.92. The van der Waals surface area contributed by atoms with Crippen molar-refractivity contribution in [3.05, 3.63) is 36.8 Å². The summed E-state index contributed by atoms with van der Waals surface area (Å²) in [5.41, 5.74) is 3.05. The molecule has 0 spiro atoms. The summed E-state index contributed by atoms with van der Waals surface area (Å²) in [6.45, 7) is 5.31. The Morgan fingerprint density at radius 1 is 1.50 bits per heavy atom. The van der Waals surface area contributed by atoms with Gasteiger partial charge in [-0.2, -0.15) is 0 Å². The molecule has 5 heteroatoms. The first-order chi connectivity index (χ1) is 7.65. The molecule has 0 aliphatic heterocycles. The number of nitrogens with one attached hydrogen (secondary N) is 3. The lowest BCUT2D eigenvalue weighted by molar-refractivity contribution is 0.254. The minimum absolute atomic E-state index is 0.300. The van der Waals surface area contributed by atoms with Crippen LogP contribution in [0.15, 0.2) is 36.8 Å². The van der Waals surface area contributed by atoms with E-state index in [2.05, 4.69) is 27.2 Å². The number of aromatic amines is 1. The maximum Gasteiger partial charge on any atom is 0.323 e. The third kappa shape index (κ3) is 2.20. The number of H-pyrrole nitrogens is 1. The lowest BCUT2D eigenvalue weighted by atomic mass is 10.3.